The van der Waals surface area contributed by atoms with Crippen molar-refractivity contribution < 1.29 is 19.4 Å². The van der Waals surface area contributed by atoms with E-state index in [9.17, 15) is 9.18 Å². The number of thioether (sulfide) groups is 1. The summed E-state index contributed by atoms with van der Waals surface area (Å²) in [5, 5.41) is 20.1. The van der Waals surface area contributed by atoms with Crippen molar-refractivity contribution in [1.82, 2.24) is 0 Å². The monoisotopic (exact) mass is 337 g/mol. The first kappa shape index (κ1) is 15.4. The summed E-state index contributed by atoms with van der Waals surface area (Å²) in [6.45, 7) is -0.337. The number of aliphatic hydroxyl groups is 2. The van der Waals surface area contributed by atoms with E-state index in [1.807, 2.05) is 0 Å². The minimum Gasteiger partial charge on any atom is -0.394 e. The minimum absolute atomic E-state index is 0.0898. The van der Waals surface area contributed by atoms with Crippen LogP contribution in [0.5, 0.6) is 0 Å². The second-order valence-corrected chi connectivity index (χ2v) is 5.47. The summed E-state index contributed by atoms with van der Waals surface area (Å²) in [4.78, 5) is 11.5. The number of halogens is 2. The van der Waals surface area contributed by atoms with E-state index in [1.165, 1.54) is 23.9 Å². The molecule has 0 aliphatic rings. The van der Waals surface area contributed by atoms with Gasteiger partial charge in [-0.3, -0.25) is 4.79 Å². The van der Waals surface area contributed by atoms with Crippen LogP contribution in [0.2, 0.25) is 0 Å². The van der Waals surface area contributed by atoms with E-state index in [1.54, 1.807) is 6.07 Å². The molecule has 0 aliphatic carbocycles. The van der Waals surface area contributed by atoms with Gasteiger partial charge in [0.15, 0.2) is 0 Å². The van der Waals surface area contributed by atoms with Gasteiger partial charge in [0.05, 0.1) is 24.2 Å². The molecule has 0 bridgehead atoms. The molecule has 1 rings (SSSR count). The van der Waals surface area contributed by atoms with E-state index in [2.05, 4.69) is 21.2 Å². The van der Waals surface area contributed by atoms with Crippen LogP contribution in [-0.2, 0) is 4.79 Å². The highest BCUT2D eigenvalue weighted by Crippen LogP contribution is 2.19. The topological polar surface area (TPSA) is 69.6 Å². The van der Waals surface area contributed by atoms with Crippen LogP contribution in [0, 0.1) is 5.82 Å². The number of amides is 1. The Morgan fingerprint density at radius 1 is 1.56 bits per heavy atom. The smallest absolute Gasteiger partial charge is 0.234 e. The highest BCUT2D eigenvalue weighted by molar-refractivity contribution is 9.10. The van der Waals surface area contributed by atoms with Crippen molar-refractivity contribution in [2.75, 3.05) is 23.4 Å². The van der Waals surface area contributed by atoms with Gasteiger partial charge in [0, 0.05) is 10.2 Å². The summed E-state index contributed by atoms with van der Waals surface area (Å²) in [5.41, 5.74) is 0.117. The van der Waals surface area contributed by atoms with E-state index < -0.39 is 11.9 Å². The fourth-order valence-electron chi connectivity index (χ4n) is 1.12. The maximum absolute atomic E-state index is 13.4. The number of aliphatic hydroxyl groups excluding tert-OH is 2. The molecule has 1 aromatic carbocycles. The van der Waals surface area contributed by atoms with Crippen molar-refractivity contribution in [1.29, 1.82) is 0 Å². The van der Waals surface area contributed by atoms with Crippen LogP contribution in [-0.4, -0.2) is 40.3 Å². The maximum Gasteiger partial charge on any atom is 0.234 e. The lowest BCUT2D eigenvalue weighted by atomic mass is 10.3. The van der Waals surface area contributed by atoms with E-state index in [0.717, 1.165) is 0 Å². The molecule has 0 saturated carbocycles. The Labute approximate surface area is 117 Å². The molecule has 100 valence electrons. The average molecular weight is 338 g/mol. The van der Waals surface area contributed by atoms with Crippen LogP contribution in [0.3, 0.4) is 0 Å². The van der Waals surface area contributed by atoms with E-state index in [-0.39, 0.29) is 29.7 Å². The van der Waals surface area contributed by atoms with Crippen molar-refractivity contribution in [2.24, 2.45) is 0 Å². The third kappa shape index (κ3) is 5.34. The van der Waals surface area contributed by atoms with Crippen molar-refractivity contribution in [3.05, 3.63) is 28.5 Å². The Hall–Kier alpha value is -0.630. The molecule has 18 heavy (non-hydrogen) atoms. The molecule has 0 saturated heterocycles. The first-order valence-corrected chi connectivity index (χ1v) is 7.09. The van der Waals surface area contributed by atoms with Gasteiger partial charge < -0.3 is 15.5 Å². The minimum atomic E-state index is -0.841. The van der Waals surface area contributed by atoms with Gasteiger partial charge in [0.2, 0.25) is 5.91 Å². The van der Waals surface area contributed by atoms with Crippen LogP contribution in [0.25, 0.3) is 0 Å². The van der Waals surface area contributed by atoms with Gasteiger partial charge in [-0.2, -0.15) is 0 Å². The number of benzene rings is 1. The standard InChI is InChI=1S/C11H13BrFNO3S/c12-7-1-2-10(9(13)3-7)14-11(17)6-18-5-8(16)4-15/h1-3,8,15-16H,4-6H2,(H,14,17). The van der Waals surface area contributed by atoms with Gasteiger partial charge in [-0.05, 0) is 18.2 Å². The molecule has 1 aromatic rings. The summed E-state index contributed by atoms with van der Waals surface area (Å²) < 4.78 is 14.0. The number of nitrogens with one attached hydrogen (secondary N) is 1. The molecular formula is C11H13BrFNO3S. The molecule has 0 fully saturated rings. The van der Waals surface area contributed by atoms with Crippen LogP contribution < -0.4 is 5.32 Å². The number of carbonyl (C=O) groups excluding carboxylic acids is 1. The SMILES string of the molecule is O=C(CSCC(O)CO)Nc1ccc(Br)cc1F. The summed E-state index contributed by atoms with van der Waals surface area (Å²) in [5.74, 6) is -0.524. The zero-order valence-corrected chi connectivity index (χ0v) is 11.8. The number of hydrogen-bond acceptors (Lipinski definition) is 4. The van der Waals surface area contributed by atoms with Crippen molar-refractivity contribution in [3.8, 4) is 0 Å². The quantitative estimate of drug-likeness (QED) is 0.737. The first-order valence-electron chi connectivity index (χ1n) is 5.14. The lowest BCUT2D eigenvalue weighted by molar-refractivity contribution is -0.113. The Bertz CT molecular complexity index is 419. The summed E-state index contributed by atoms with van der Waals surface area (Å²) in [7, 11) is 0. The van der Waals surface area contributed by atoms with Crippen molar-refractivity contribution in [3.63, 3.8) is 0 Å². The molecule has 0 aliphatic heterocycles. The zero-order valence-electron chi connectivity index (χ0n) is 9.40. The molecular weight excluding hydrogens is 325 g/mol. The van der Waals surface area contributed by atoms with Gasteiger partial charge in [-0.1, -0.05) is 15.9 Å². The molecule has 0 aromatic heterocycles. The predicted molar refractivity (Wildman–Crippen MR) is 73.1 cm³/mol. The van der Waals surface area contributed by atoms with Crippen LogP contribution in [0.1, 0.15) is 0 Å². The van der Waals surface area contributed by atoms with Crippen LogP contribution in [0.4, 0.5) is 10.1 Å². The number of rotatable bonds is 6. The predicted octanol–water partition coefficient (Wildman–Crippen LogP) is 1.61. The normalized spacial score (nSPS) is 12.2. The number of anilines is 1. The Morgan fingerprint density at radius 3 is 2.89 bits per heavy atom. The Morgan fingerprint density at radius 2 is 2.28 bits per heavy atom. The summed E-state index contributed by atoms with van der Waals surface area (Å²) in [6, 6.07) is 4.35. The molecule has 0 radical (unpaired) electrons. The van der Waals surface area contributed by atoms with Gasteiger partial charge in [-0.25, -0.2) is 4.39 Å². The third-order valence-electron chi connectivity index (χ3n) is 1.96. The second kappa shape index (κ2) is 7.73. The average Bonchev–Trinajstić information content (AvgIpc) is 2.32. The fraction of sp³-hybridized carbons (Fsp3) is 0.364. The van der Waals surface area contributed by atoms with E-state index in [4.69, 9.17) is 10.2 Å². The molecule has 0 spiro atoms. The third-order valence-corrected chi connectivity index (χ3v) is 3.54. The molecule has 4 nitrogen and oxygen atoms in total. The van der Waals surface area contributed by atoms with E-state index in [0.29, 0.717) is 4.47 Å². The first-order chi connectivity index (χ1) is 8.52. The van der Waals surface area contributed by atoms with Crippen molar-refractivity contribution >= 4 is 39.3 Å². The van der Waals surface area contributed by atoms with Gasteiger partial charge in [0.1, 0.15) is 5.82 Å². The van der Waals surface area contributed by atoms with Gasteiger partial charge in [0.25, 0.3) is 0 Å². The molecule has 1 atom stereocenters. The highest BCUT2D eigenvalue weighted by Gasteiger charge is 2.09. The maximum atomic E-state index is 13.4. The molecule has 1 amide bonds. The molecule has 1 unspecified atom stereocenters. The van der Waals surface area contributed by atoms with Crippen molar-refractivity contribution in [2.45, 2.75) is 6.10 Å². The highest BCUT2D eigenvalue weighted by atomic mass is 79.9. The molecule has 0 heterocycles. The number of carbonyl (C=O) groups is 1. The summed E-state index contributed by atoms with van der Waals surface area (Å²) in [6.07, 6.45) is -0.841. The Balaban J connectivity index is 2.40. The molecule has 7 heteroatoms. The second-order valence-electron chi connectivity index (χ2n) is 3.52. The lowest BCUT2D eigenvalue weighted by Gasteiger charge is -2.08. The Kier molecular flexibility index (Phi) is 6.62. The van der Waals surface area contributed by atoms with Gasteiger partial charge in [-0.15, -0.1) is 11.8 Å². The molecule has 3 N–H and O–H groups in total. The van der Waals surface area contributed by atoms with Crippen LogP contribution in [0.15, 0.2) is 22.7 Å². The zero-order chi connectivity index (χ0) is 13.5. The van der Waals surface area contributed by atoms with Gasteiger partial charge >= 0.3 is 0 Å². The van der Waals surface area contributed by atoms with Crippen LogP contribution >= 0.6 is 27.7 Å². The largest absolute Gasteiger partial charge is 0.394 e. The fourth-order valence-corrected chi connectivity index (χ4v) is 2.20. The lowest BCUT2D eigenvalue weighted by Crippen LogP contribution is -2.19. The van der Waals surface area contributed by atoms with E-state index >= 15 is 0 Å². The number of hydrogen-bond donors (Lipinski definition) is 3. The summed E-state index contributed by atoms with van der Waals surface area (Å²) >= 11 is 4.29.